The number of benzene rings is 3. The Labute approximate surface area is 169 Å². The number of hydrogen-bond donors (Lipinski definition) is 1. The van der Waals surface area contributed by atoms with Gasteiger partial charge in [0.25, 0.3) is 11.8 Å². The van der Waals surface area contributed by atoms with Gasteiger partial charge in [0.2, 0.25) is 0 Å². The van der Waals surface area contributed by atoms with Gasteiger partial charge in [0, 0.05) is 10.2 Å². The molecule has 0 spiro atoms. The average molecular weight is 437 g/mol. The Kier molecular flexibility index (Phi) is 4.79. The molecule has 0 radical (unpaired) electrons. The zero-order valence-electron chi connectivity index (χ0n) is 14.5. The predicted octanol–water partition coefficient (Wildman–Crippen LogP) is 4.98. The molecule has 0 saturated carbocycles. The number of amides is 2. The summed E-state index contributed by atoms with van der Waals surface area (Å²) in [6.45, 7) is 0. The Morgan fingerprint density at radius 3 is 2.25 bits per heavy atom. The van der Waals surface area contributed by atoms with Crippen molar-refractivity contribution >= 4 is 44.7 Å². The summed E-state index contributed by atoms with van der Waals surface area (Å²) >= 11 is 3.39. The Bertz CT molecular complexity index is 1110. The van der Waals surface area contributed by atoms with Crippen molar-refractivity contribution < 1.29 is 14.0 Å². The normalized spacial score (nSPS) is 14.0. The number of hydrogen-bond acceptors (Lipinski definition) is 3. The molecule has 138 valence electrons. The van der Waals surface area contributed by atoms with Crippen molar-refractivity contribution in [2.24, 2.45) is 0 Å². The molecular formula is C22H14BrFN2O2. The highest BCUT2D eigenvalue weighted by Gasteiger charge is 2.41. The minimum Gasteiger partial charge on any atom is -0.350 e. The van der Waals surface area contributed by atoms with E-state index in [4.69, 9.17) is 0 Å². The third kappa shape index (κ3) is 3.23. The van der Waals surface area contributed by atoms with Crippen LogP contribution in [0.25, 0.3) is 5.57 Å². The maximum atomic E-state index is 14.3. The topological polar surface area (TPSA) is 49.4 Å². The van der Waals surface area contributed by atoms with E-state index >= 15 is 0 Å². The molecule has 3 aromatic carbocycles. The average Bonchev–Trinajstić information content (AvgIpc) is 2.93. The van der Waals surface area contributed by atoms with E-state index < -0.39 is 17.6 Å². The smallest absolute Gasteiger partial charge is 0.282 e. The molecule has 0 saturated heterocycles. The quantitative estimate of drug-likeness (QED) is 0.586. The lowest BCUT2D eigenvalue weighted by Gasteiger charge is -2.16. The largest absolute Gasteiger partial charge is 0.350 e. The second-order valence-electron chi connectivity index (χ2n) is 6.15. The molecule has 0 atom stereocenters. The van der Waals surface area contributed by atoms with Gasteiger partial charge in [0.1, 0.15) is 11.5 Å². The molecular weight excluding hydrogens is 423 g/mol. The molecule has 6 heteroatoms. The standard InChI is InChI=1S/C22H14BrFN2O2/c23-15-9-6-10-16(13-15)25-20-19(14-7-2-1-3-8-14)21(27)26(22(20)28)18-12-5-4-11-17(18)24/h1-13,25H. The summed E-state index contributed by atoms with van der Waals surface area (Å²) in [5, 5.41) is 3.04. The molecule has 0 bridgehead atoms. The van der Waals surface area contributed by atoms with Crippen molar-refractivity contribution in [2.75, 3.05) is 10.2 Å². The maximum Gasteiger partial charge on any atom is 0.282 e. The van der Waals surface area contributed by atoms with E-state index in [1.807, 2.05) is 18.2 Å². The summed E-state index contributed by atoms with van der Waals surface area (Å²) in [6, 6.07) is 21.8. The maximum absolute atomic E-state index is 14.3. The van der Waals surface area contributed by atoms with Crippen molar-refractivity contribution in [3.63, 3.8) is 0 Å². The summed E-state index contributed by atoms with van der Waals surface area (Å²) in [5.74, 6) is -1.81. The van der Waals surface area contributed by atoms with Crippen LogP contribution in [0.15, 0.2) is 89.0 Å². The van der Waals surface area contributed by atoms with Gasteiger partial charge in [-0.1, -0.05) is 64.5 Å². The lowest BCUT2D eigenvalue weighted by atomic mass is 10.0. The van der Waals surface area contributed by atoms with Gasteiger partial charge in [-0.05, 0) is 35.9 Å². The van der Waals surface area contributed by atoms with E-state index in [1.165, 1.54) is 18.2 Å². The van der Waals surface area contributed by atoms with E-state index in [0.29, 0.717) is 11.3 Å². The van der Waals surface area contributed by atoms with E-state index in [1.54, 1.807) is 42.5 Å². The molecule has 4 rings (SSSR count). The zero-order valence-corrected chi connectivity index (χ0v) is 16.1. The van der Waals surface area contributed by atoms with Crippen LogP contribution in [-0.2, 0) is 9.59 Å². The van der Waals surface area contributed by atoms with Crippen LogP contribution < -0.4 is 10.2 Å². The summed E-state index contributed by atoms with van der Waals surface area (Å²) < 4.78 is 15.2. The number of imide groups is 1. The van der Waals surface area contributed by atoms with Crippen LogP contribution in [-0.4, -0.2) is 11.8 Å². The van der Waals surface area contributed by atoms with Gasteiger partial charge in [-0.3, -0.25) is 9.59 Å². The van der Waals surface area contributed by atoms with Crippen LogP contribution in [0, 0.1) is 5.82 Å². The van der Waals surface area contributed by atoms with Crippen LogP contribution in [0.4, 0.5) is 15.8 Å². The number of para-hydroxylation sites is 1. The summed E-state index contributed by atoms with van der Waals surface area (Å²) in [4.78, 5) is 27.2. The third-order valence-electron chi connectivity index (χ3n) is 4.33. The summed E-state index contributed by atoms with van der Waals surface area (Å²) in [6.07, 6.45) is 0. The van der Waals surface area contributed by atoms with Crippen molar-refractivity contribution in [3.8, 4) is 0 Å². The second-order valence-corrected chi connectivity index (χ2v) is 7.06. The minimum absolute atomic E-state index is 0.0722. The molecule has 1 aliphatic rings. The Hall–Kier alpha value is -3.25. The Balaban J connectivity index is 1.84. The van der Waals surface area contributed by atoms with Crippen molar-refractivity contribution in [3.05, 3.63) is 100 Å². The number of carbonyl (C=O) groups is 2. The van der Waals surface area contributed by atoms with Gasteiger partial charge in [-0.15, -0.1) is 0 Å². The summed E-state index contributed by atoms with van der Waals surface area (Å²) in [5.41, 5.74) is 1.45. The molecule has 1 N–H and O–H groups in total. The fourth-order valence-corrected chi connectivity index (χ4v) is 3.48. The monoisotopic (exact) mass is 436 g/mol. The Morgan fingerprint density at radius 2 is 1.54 bits per heavy atom. The molecule has 4 nitrogen and oxygen atoms in total. The fourth-order valence-electron chi connectivity index (χ4n) is 3.08. The van der Waals surface area contributed by atoms with E-state index in [-0.39, 0.29) is 17.0 Å². The van der Waals surface area contributed by atoms with Gasteiger partial charge in [0.15, 0.2) is 0 Å². The van der Waals surface area contributed by atoms with Crippen LogP contribution >= 0.6 is 15.9 Å². The number of carbonyl (C=O) groups excluding carboxylic acids is 2. The molecule has 0 fully saturated rings. The van der Waals surface area contributed by atoms with E-state index in [0.717, 1.165) is 9.37 Å². The van der Waals surface area contributed by atoms with Crippen LogP contribution in [0.3, 0.4) is 0 Å². The van der Waals surface area contributed by atoms with E-state index in [9.17, 15) is 14.0 Å². The van der Waals surface area contributed by atoms with Crippen LogP contribution in [0.5, 0.6) is 0 Å². The fraction of sp³-hybridized carbons (Fsp3) is 0. The first kappa shape index (κ1) is 18.1. The molecule has 0 unspecified atom stereocenters. The molecule has 0 aliphatic carbocycles. The highest BCUT2D eigenvalue weighted by molar-refractivity contribution is 9.10. The first-order chi connectivity index (χ1) is 13.6. The number of halogens is 2. The molecule has 0 aromatic heterocycles. The summed E-state index contributed by atoms with van der Waals surface area (Å²) in [7, 11) is 0. The predicted molar refractivity (Wildman–Crippen MR) is 110 cm³/mol. The zero-order chi connectivity index (χ0) is 19.7. The molecule has 1 aliphatic heterocycles. The SMILES string of the molecule is O=C1C(Nc2cccc(Br)c2)=C(c2ccccc2)C(=O)N1c1ccccc1F. The number of nitrogens with one attached hydrogen (secondary N) is 1. The van der Waals surface area contributed by atoms with Crippen LogP contribution in [0.2, 0.25) is 0 Å². The van der Waals surface area contributed by atoms with E-state index in [2.05, 4.69) is 21.2 Å². The lowest BCUT2D eigenvalue weighted by Crippen LogP contribution is -2.33. The molecule has 1 heterocycles. The van der Waals surface area contributed by atoms with Gasteiger partial charge in [-0.25, -0.2) is 9.29 Å². The Morgan fingerprint density at radius 1 is 0.821 bits per heavy atom. The lowest BCUT2D eigenvalue weighted by molar-refractivity contribution is -0.120. The van der Waals surface area contributed by atoms with Crippen molar-refractivity contribution in [2.45, 2.75) is 0 Å². The second kappa shape index (κ2) is 7.40. The highest BCUT2D eigenvalue weighted by atomic mass is 79.9. The molecule has 28 heavy (non-hydrogen) atoms. The number of nitrogens with zero attached hydrogens (tertiary/aromatic N) is 1. The first-order valence-electron chi connectivity index (χ1n) is 8.52. The van der Waals surface area contributed by atoms with Gasteiger partial charge < -0.3 is 5.32 Å². The molecule has 3 aromatic rings. The highest BCUT2D eigenvalue weighted by Crippen LogP contribution is 2.34. The van der Waals surface area contributed by atoms with Gasteiger partial charge in [0.05, 0.1) is 11.3 Å². The molecule has 2 amide bonds. The van der Waals surface area contributed by atoms with Gasteiger partial charge in [-0.2, -0.15) is 0 Å². The van der Waals surface area contributed by atoms with Gasteiger partial charge >= 0.3 is 0 Å². The first-order valence-corrected chi connectivity index (χ1v) is 9.31. The number of anilines is 2. The van der Waals surface area contributed by atoms with Crippen molar-refractivity contribution in [1.82, 2.24) is 0 Å². The number of rotatable bonds is 4. The van der Waals surface area contributed by atoms with Crippen LogP contribution in [0.1, 0.15) is 5.56 Å². The van der Waals surface area contributed by atoms with Crippen molar-refractivity contribution in [1.29, 1.82) is 0 Å². The minimum atomic E-state index is -0.639. The third-order valence-corrected chi connectivity index (χ3v) is 4.83.